The van der Waals surface area contributed by atoms with E-state index in [1.54, 1.807) is 0 Å². The number of halogens is 20. The number of hydrogen-bond acceptors (Lipinski definition) is 6. The Labute approximate surface area is 415 Å². The first-order valence-corrected chi connectivity index (χ1v) is 19.9. The highest BCUT2D eigenvalue weighted by Gasteiger charge is 2.21. The minimum absolute atomic E-state index is 0.0618. The molecule has 0 saturated heterocycles. The molecule has 0 spiro atoms. The number of anilines is 3. The lowest BCUT2D eigenvalue weighted by Gasteiger charge is -2.10. The Kier molecular flexibility index (Phi) is 30.0. The highest BCUT2D eigenvalue weighted by Crippen LogP contribution is 2.20. The van der Waals surface area contributed by atoms with Crippen LogP contribution in [0.4, 0.5) is 105 Å². The van der Waals surface area contributed by atoms with Crippen molar-refractivity contribution in [3.05, 3.63) is 232 Å². The van der Waals surface area contributed by atoms with Crippen LogP contribution in [-0.2, 0) is 0 Å². The van der Waals surface area contributed by atoms with E-state index in [2.05, 4.69) is 51.1 Å². The first kappa shape index (κ1) is 67.5. The maximum Gasteiger partial charge on any atom is 0.631 e. The monoisotopic (exact) mass is 1100 g/mol. The van der Waals surface area contributed by atoms with Gasteiger partial charge in [-0.1, -0.05) is 54.6 Å². The van der Waals surface area contributed by atoms with Gasteiger partial charge in [0.15, 0.2) is 93.1 Å². The van der Waals surface area contributed by atoms with Crippen LogP contribution in [0.2, 0.25) is 0 Å². The molecule has 0 atom stereocenters. The van der Waals surface area contributed by atoms with Crippen LogP contribution >= 0.6 is 0 Å². The highest BCUT2D eigenvalue weighted by atomic mass is 19.2. The fourth-order valence-electron chi connectivity index (χ4n) is 4.35. The molecular weight excluding hydrogens is 1060 g/mol. The molecule has 6 nitrogen and oxygen atoms in total. The number of hydrogen-bond donors (Lipinski definition) is 3. The molecule has 0 bridgehead atoms. The van der Waals surface area contributed by atoms with Gasteiger partial charge in [0.1, 0.15) is 0 Å². The van der Waals surface area contributed by atoms with Gasteiger partial charge in [0, 0.05) is 83.6 Å². The van der Waals surface area contributed by atoms with E-state index >= 15 is 0 Å². The fourth-order valence-corrected chi connectivity index (χ4v) is 4.35. The maximum absolute atomic E-state index is 12.0. The summed E-state index contributed by atoms with van der Waals surface area (Å²) < 4.78 is 240. The molecule has 75 heavy (non-hydrogen) atoms. The lowest BCUT2D eigenvalue weighted by Crippen LogP contribution is -2.07. The number of para-hydroxylation sites is 3. The second-order valence-corrected chi connectivity index (χ2v) is 14.2. The second kappa shape index (κ2) is 33.3. The molecule has 0 aliphatic rings. The zero-order chi connectivity index (χ0) is 58.0. The lowest BCUT2D eigenvalue weighted by atomic mass is 10.3. The predicted molar refractivity (Wildman–Crippen MR) is 240 cm³/mol. The predicted octanol–water partition coefficient (Wildman–Crippen LogP) is 12.7. The standard InChI is InChI=1S/3C8H11N.4C6HF5.BH3O3/c3*1-9(2)8-6-4-3-5-7-8;4*7-2-1-3(8)5(10)6(11)4(2)9;2-1(3)4/h3*3-7H,1-2H3;4*1H;2-4H. The molecule has 27 heteroatoms. The molecule has 0 saturated carbocycles. The first-order chi connectivity index (χ1) is 34.8. The number of rotatable bonds is 3. The third-order valence-electron chi connectivity index (χ3n) is 8.05. The van der Waals surface area contributed by atoms with E-state index in [9.17, 15) is 87.8 Å². The molecule has 0 aromatic heterocycles. The third kappa shape index (κ3) is 23.5. The van der Waals surface area contributed by atoms with Crippen molar-refractivity contribution in [2.75, 3.05) is 57.0 Å². The Morgan fingerprint density at radius 1 is 0.240 bits per heavy atom. The minimum atomic E-state index is -2.17. The minimum Gasteiger partial charge on any atom is -0.402 e. The molecule has 0 radical (unpaired) electrons. The zero-order valence-corrected chi connectivity index (χ0v) is 39.3. The Morgan fingerprint density at radius 2 is 0.360 bits per heavy atom. The van der Waals surface area contributed by atoms with E-state index in [1.165, 1.54) is 17.1 Å². The van der Waals surface area contributed by atoms with Crippen LogP contribution in [0.25, 0.3) is 0 Å². The van der Waals surface area contributed by atoms with Gasteiger partial charge in [-0.3, -0.25) is 0 Å². The van der Waals surface area contributed by atoms with Gasteiger partial charge in [-0.2, -0.15) is 0 Å². The van der Waals surface area contributed by atoms with Crippen LogP contribution in [0.15, 0.2) is 115 Å². The normalized spacial score (nSPS) is 9.67. The molecule has 0 heterocycles. The van der Waals surface area contributed by atoms with Crippen LogP contribution in [0.5, 0.6) is 0 Å². The molecule has 7 rings (SSSR count). The van der Waals surface area contributed by atoms with Gasteiger partial charge in [-0.25, -0.2) is 87.8 Å². The van der Waals surface area contributed by atoms with Crippen molar-refractivity contribution in [3.63, 3.8) is 0 Å². The summed E-state index contributed by atoms with van der Waals surface area (Å²) >= 11 is 0. The Bertz CT molecular complexity index is 2370. The smallest absolute Gasteiger partial charge is 0.402 e. The second-order valence-electron chi connectivity index (χ2n) is 14.2. The van der Waals surface area contributed by atoms with Crippen molar-refractivity contribution in [3.8, 4) is 0 Å². The molecule has 0 aliphatic heterocycles. The molecule has 0 unspecified atom stereocenters. The Morgan fingerprint density at radius 3 is 0.453 bits per heavy atom. The third-order valence-corrected chi connectivity index (χ3v) is 8.05. The summed E-state index contributed by atoms with van der Waals surface area (Å²) in [5.74, 6) is -38.6. The molecule has 0 aliphatic carbocycles. The van der Waals surface area contributed by atoms with Crippen molar-refractivity contribution in [1.29, 1.82) is 0 Å². The molecule has 0 fully saturated rings. The lowest BCUT2D eigenvalue weighted by molar-refractivity contribution is 0.278. The topological polar surface area (TPSA) is 70.4 Å². The fraction of sp³-hybridized carbons (Fsp3) is 0.125. The Balaban J connectivity index is 0.000000843. The average molecular weight is 1100 g/mol. The van der Waals surface area contributed by atoms with Gasteiger partial charge in [-0.05, 0) is 36.4 Å². The summed E-state index contributed by atoms with van der Waals surface area (Å²) in [5.41, 5.74) is 3.74. The molecule has 3 N–H and O–H groups in total. The van der Waals surface area contributed by atoms with Crippen LogP contribution in [0, 0.1) is 116 Å². The highest BCUT2D eigenvalue weighted by molar-refractivity contribution is 6.30. The summed E-state index contributed by atoms with van der Waals surface area (Å²) in [6.07, 6.45) is 0. The summed E-state index contributed by atoms with van der Waals surface area (Å²) in [6, 6.07) is 30.5. The van der Waals surface area contributed by atoms with E-state index < -0.39 is 124 Å². The quantitative estimate of drug-likeness (QED) is 0.0709. The number of nitrogens with zero attached hydrogens (tertiary/aromatic N) is 3. The summed E-state index contributed by atoms with van der Waals surface area (Å²) in [5, 5.41) is 21.5. The van der Waals surface area contributed by atoms with Crippen LogP contribution in [0.3, 0.4) is 0 Å². The molecule has 7 aromatic rings. The van der Waals surface area contributed by atoms with Crippen LogP contribution < -0.4 is 14.7 Å². The van der Waals surface area contributed by atoms with Crippen molar-refractivity contribution >= 4 is 24.4 Å². The van der Waals surface area contributed by atoms with Crippen molar-refractivity contribution in [2.24, 2.45) is 0 Å². The molecule has 408 valence electrons. The molecule has 7 aromatic carbocycles. The number of benzene rings is 7. The van der Waals surface area contributed by atoms with Crippen molar-refractivity contribution in [1.82, 2.24) is 0 Å². The summed E-state index contributed by atoms with van der Waals surface area (Å²) in [6.45, 7) is 0. The van der Waals surface area contributed by atoms with E-state index in [0.717, 1.165) is 0 Å². The van der Waals surface area contributed by atoms with Crippen LogP contribution in [0.1, 0.15) is 0 Å². The van der Waals surface area contributed by atoms with Crippen molar-refractivity contribution in [2.45, 2.75) is 0 Å². The van der Waals surface area contributed by atoms with E-state index in [4.69, 9.17) is 15.1 Å². The van der Waals surface area contributed by atoms with Gasteiger partial charge in [0.05, 0.1) is 0 Å². The van der Waals surface area contributed by atoms with E-state index in [-0.39, 0.29) is 24.3 Å². The van der Waals surface area contributed by atoms with Gasteiger partial charge in [0.25, 0.3) is 0 Å². The first-order valence-electron chi connectivity index (χ1n) is 19.9. The van der Waals surface area contributed by atoms with Gasteiger partial charge < -0.3 is 29.8 Å². The van der Waals surface area contributed by atoms with Gasteiger partial charge in [0.2, 0.25) is 23.3 Å². The maximum atomic E-state index is 12.0. The van der Waals surface area contributed by atoms with Crippen LogP contribution in [-0.4, -0.2) is 64.7 Å². The zero-order valence-electron chi connectivity index (χ0n) is 39.3. The van der Waals surface area contributed by atoms with Gasteiger partial charge in [-0.15, -0.1) is 0 Å². The average Bonchev–Trinajstić information content (AvgIpc) is 3.38. The summed E-state index contributed by atoms with van der Waals surface area (Å²) in [7, 11) is 10.1. The molecular formula is C48H40BF20N3O3. The largest absolute Gasteiger partial charge is 0.631 e. The molecule has 0 amide bonds. The van der Waals surface area contributed by atoms with E-state index in [1.807, 2.05) is 96.9 Å². The Hall–Kier alpha value is -7.52. The van der Waals surface area contributed by atoms with Gasteiger partial charge >= 0.3 is 7.32 Å². The van der Waals surface area contributed by atoms with Crippen molar-refractivity contribution < 1.29 is 103 Å². The summed E-state index contributed by atoms with van der Waals surface area (Å²) in [4.78, 5) is 6.25. The SMILES string of the molecule is CN(C)c1ccccc1.CN(C)c1ccccc1.CN(C)c1ccccc1.Fc1cc(F)c(F)c(F)c1F.Fc1cc(F)c(F)c(F)c1F.Fc1cc(F)c(F)c(F)c1F.Fc1cc(F)c(F)c(F)c1F.OB(O)O. The van der Waals surface area contributed by atoms with E-state index in [0.29, 0.717) is 0 Å².